The maximum absolute atomic E-state index is 12.4. The van der Waals surface area contributed by atoms with Gasteiger partial charge in [-0.3, -0.25) is 14.2 Å². The predicted molar refractivity (Wildman–Crippen MR) is 85.8 cm³/mol. The van der Waals surface area contributed by atoms with Crippen molar-refractivity contribution in [3.63, 3.8) is 0 Å². The van der Waals surface area contributed by atoms with Crippen molar-refractivity contribution in [2.45, 2.75) is 18.2 Å². The van der Waals surface area contributed by atoms with Crippen LogP contribution in [0, 0.1) is 0 Å². The van der Waals surface area contributed by atoms with Crippen molar-refractivity contribution in [3.8, 4) is 5.75 Å². The van der Waals surface area contributed by atoms with Gasteiger partial charge in [-0.25, -0.2) is 4.79 Å². The van der Waals surface area contributed by atoms with E-state index in [0.29, 0.717) is 4.57 Å². The summed E-state index contributed by atoms with van der Waals surface area (Å²) in [5.41, 5.74) is -1.57. The number of benzene rings is 1. The van der Waals surface area contributed by atoms with Gasteiger partial charge in [0.05, 0.1) is 5.56 Å². The van der Waals surface area contributed by atoms with E-state index in [2.05, 4.69) is 0 Å². The molecule has 9 heteroatoms. The van der Waals surface area contributed by atoms with E-state index in [1.165, 1.54) is 25.2 Å². The highest BCUT2D eigenvalue weighted by Gasteiger charge is 2.25. The third-order valence-corrected chi connectivity index (χ3v) is 4.61. The minimum Gasteiger partial charge on any atom is -0.378 e. The molecule has 1 heterocycles. The van der Waals surface area contributed by atoms with E-state index in [0.717, 1.165) is 17.8 Å². The van der Waals surface area contributed by atoms with Gasteiger partial charge in [0.2, 0.25) is 0 Å². The molecule has 0 aliphatic rings. The minimum atomic E-state index is -4.52. The van der Waals surface area contributed by atoms with E-state index in [1.807, 2.05) is 0 Å². The average molecular weight is 352 g/mol. The minimum absolute atomic E-state index is 0.102. The molecule has 1 aromatic carbocycles. The molecule has 0 unspecified atom stereocenters. The van der Waals surface area contributed by atoms with Crippen molar-refractivity contribution in [1.82, 2.24) is 9.13 Å². The summed E-state index contributed by atoms with van der Waals surface area (Å²) in [4.78, 5) is 34.9. The zero-order valence-corrected chi connectivity index (χ0v) is 14.2. The van der Waals surface area contributed by atoms with Crippen LogP contribution in [0.1, 0.15) is 23.7 Å². The Bertz CT molecular complexity index is 1020. The van der Waals surface area contributed by atoms with Gasteiger partial charge in [-0.05, 0) is 12.1 Å². The molecule has 0 aliphatic carbocycles. The molecule has 0 saturated carbocycles. The standard InChI is InChI=1S/C15H16N2O6S/c1-4-11(18)10-7-5-6-8-12(10)23-24(21,22)13-9-16(2)15(20)17(3)14(13)19/h5-9H,4H2,1-3H3. The summed E-state index contributed by atoms with van der Waals surface area (Å²) in [5, 5.41) is 0. The van der Waals surface area contributed by atoms with Crippen LogP contribution in [0.5, 0.6) is 5.75 Å². The molecule has 8 nitrogen and oxygen atoms in total. The number of aromatic nitrogens is 2. The second kappa shape index (κ2) is 6.44. The fraction of sp³-hybridized carbons (Fsp3) is 0.267. The molecule has 1 aromatic heterocycles. The van der Waals surface area contributed by atoms with Gasteiger partial charge >= 0.3 is 15.8 Å². The number of carbonyl (C=O) groups is 1. The third-order valence-electron chi connectivity index (χ3n) is 3.39. The highest BCUT2D eigenvalue weighted by atomic mass is 32.2. The zero-order valence-electron chi connectivity index (χ0n) is 13.3. The Kier molecular flexibility index (Phi) is 4.74. The van der Waals surface area contributed by atoms with Gasteiger partial charge in [-0.1, -0.05) is 19.1 Å². The van der Waals surface area contributed by atoms with E-state index < -0.39 is 26.3 Å². The van der Waals surface area contributed by atoms with Gasteiger partial charge in [0, 0.05) is 26.7 Å². The molecule has 0 bridgehead atoms. The molecule has 0 saturated heterocycles. The lowest BCUT2D eigenvalue weighted by atomic mass is 10.1. The Morgan fingerprint density at radius 1 is 1.17 bits per heavy atom. The van der Waals surface area contributed by atoms with E-state index in [4.69, 9.17) is 4.18 Å². The number of nitrogens with zero attached hydrogens (tertiary/aromatic N) is 2. The van der Waals surface area contributed by atoms with Crippen molar-refractivity contribution >= 4 is 15.9 Å². The summed E-state index contributed by atoms with van der Waals surface area (Å²) in [6.45, 7) is 1.64. The second-order valence-electron chi connectivity index (χ2n) is 5.06. The quantitative estimate of drug-likeness (QED) is 0.571. The fourth-order valence-electron chi connectivity index (χ4n) is 2.07. The van der Waals surface area contributed by atoms with Gasteiger partial charge in [0.25, 0.3) is 5.56 Å². The largest absolute Gasteiger partial charge is 0.378 e. The smallest absolute Gasteiger partial charge is 0.346 e. The first-order valence-corrected chi connectivity index (χ1v) is 8.43. The number of carbonyl (C=O) groups excluding carboxylic acids is 1. The Hall–Kier alpha value is -2.68. The lowest BCUT2D eigenvalue weighted by molar-refractivity contribution is 0.0986. The molecule has 0 aliphatic heterocycles. The van der Waals surface area contributed by atoms with Crippen molar-refractivity contribution in [1.29, 1.82) is 0 Å². The zero-order chi connectivity index (χ0) is 18.1. The van der Waals surface area contributed by atoms with Crippen LogP contribution >= 0.6 is 0 Å². The molecule has 0 amide bonds. The van der Waals surface area contributed by atoms with Crippen LogP contribution in [0.25, 0.3) is 0 Å². The predicted octanol–water partition coefficient (Wildman–Crippen LogP) is 0.444. The Morgan fingerprint density at radius 3 is 2.42 bits per heavy atom. The average Bonchev–Trinajstić information content (AvgIpc) is 2.55. The van der Waals surface area contributed by atoms with Gasteiger partial charge in [0.15, 0.2) is 16.4 Å². The number of rotatable bonds is 5. The summed E-state index contributed by atoms with van der Waals surface area (Å²) in [5.74, 6) is -0.463. The summed E-state index contributed by atoms with van der Waals surface area (Å²) in [6.07, 6.45) is 1.06. The monoisotopic (exact) mass is 352 g/mol. The Morgan fingerprint density at radius 2 is 1.79 bits per heavy atom. The molecule has 0 fully saturated rings. The van der Waals surface area contributed by atoms with Crippen molar-refractivity contribution in [3.05, 3.63) is 56.9 Å². The summed E-state index contributed by atoms with van der Waals surface area (Å²) in [6, 6.07) is 5.85. The molecule has 0 radical (unpaired) electrons. The lowest BCUT2D eigenvalue weighted by Gasteiger charge is -2.11. The Labute approximate surface area is 138 Å². The van der Waals surface area contributed by atoms with E-state index in [1.54, 1.807) is 13.0 Å². The normalized spacial score (nSPS) is 11.3. The van der Waals surface area contributed by atoms with Crippen LogP contribution in [-0.2, 0) is 24.2 Å². The molecule has 2 rings (SSSR count). The number of Topliss-reactive ketones (excluding diaryl/α,β-unsaturated/α-hetero) is 1. The first-order valence-electron chi connectivity index (χ1n) is 7.02. The highest BCUT2D eigenvalue weighted by Crippen LogP contribution is 2.23. The van der Waals surface area contributed by atoms with Crippen molar-refractivity contribution < 1.29 is 17.4 Å². The molecule has 0 N–H and O–H groups in total. The van der Waals surface area contributed by atoms with Crippen molar-refractivity contribution in [2.24, 2.45) is 14.1 Å². The van der Waals surface area contributed by atoms with Crippen LogP contribution < -0.4 is 15.4 Å². The number of hydrogen-bond acceptors (Lipinski definition) is 6. The number of aryl methyl sites for hydroxylation is 1. The molecule has 2 aromatic rings. The first kappa shape index (κ1) is 17.7. The van der Waals surface area contributed by atoms with Gasteiger partial charge in [-0.15, -0.1) is 0 Å². The maximum atomic E-state index is 12.4. The second-order valence-corrected chi connectivity index (χ2v) is 6.58. The highest BCUT2D eigenvalue weighted by molar-refractivity contribution is 7.87. The number of para-hydroxylation sites is 1. The summed E-state index contributed by atoms with van der Waals surface area (Å²) >= 11 is 0. The van der Waals surface area contributed by atoms with E-state index >= 15 is 0 Å². The van der Waals surface area contributed by atoms with Crippen LogP contribution in [0.4, 0.5) is 0 Å². The maximum Gasteiger partial charge on any atom is 0.346 e. The van der Waals surface area contributed by atoms with Crippen LogP contribution in [-0.4, -0.2) is 23.3 Å². The lowest BCUT2D eigenvalue weighted by Crippen LogP contribution is -2.39. The third kappa shape index (κ3) is 3.16. The topological polar surface area (TPSA) is 104 Å². The van der Waals surface area contributed by atoms with Gasteiger partial charge in [0.1, 0.15) is 0 Å². The Balaban J connectivity index is 2.58. The molecule has 128 valence electrons. The van der Waals surface area contributed by atoms with Crippen molar-refractivity contribution in [2.75, 3.05) is 0 Å². The fourth-order valence-corrected chi connectivity index (χ4v) is 3.18. The van der Waals surface area contributed by atoms with Gasteiger partial charge < -0.3 is 8.75 Å². The SMILES string of the molecule is CCC(=O)c1ccccc1OS(=O)(=O)c1cn(C)c(=O)n(C)c1=O. The number of ketones is 1. The van der Waals surface area contributed by atoms with Crippen LogP contribution in [0.3, 0.4) is 0 Å². The molecule has 0 atom stereocenters. The summed E-state index contributed by atoms with van der Waals surface area (Å²) < 4.78 is 31.5. The molecular weight excluding hydrogens is 336 g/mol. The van der Waals surface area contributed by atoms with Crippen LogP contribution in [0.15, 0.2) is 44.9 Å². The molecule has 24 heavy (non-hydrogen) atoms. The van der Waals surface area contributed by atoms with Crippen LogP contribution in [0.2, 0.25) is 0 Å². The molecular formula is C15H16N2O6S. The molecule has 0 spiro atoms. The van der Waals surface area contributed by atoms with E-state index in [-0.39, 0.29) is 23.5 Å². The van der Waals surface area contributed by atoms with E-state index in [9.17, 15) is 22.8 Å². The number of hydrogen-bond donors (Lipinski definition) is 0. The van der Waals surface area contributed by atoms with Gasteiger partial charge in [-0.2, -0.15) is 8.42 Å². The first-order chi connectivity index (χ1) is 11.2. The summed E-state index contributed by atoms with van der Waals surface area (Å²) in [7, 11) is -2.04.